The maximum absolute atomic E-state index is 13.4. The maximum atomic E-state index is 13.4. The molecule has 5 nitrogen and oxygen atoms in total. The van der Waals surface area contributed by atoms with E-state index in [0.717, 1.165) is 11.1 Å². The Labute approximate surface area is 229 Å². The Hall–Kier alpha value is -2.57. The van der Waals surface area contributed by atoms with E-state index in [2.05, 4.69) is 4.99 Å². The maximum Gasteiger partial charge on any atom is 0.273 e. The van der Waals surface area contributed by atoms with Crippen molar-refractivity contribution in [1.82, 2.24) is 14.5 Å². The van der Waals surface area contributed by atoms with Crippen molar-refractivity contribution in [2.24, 2.45) is 10.9 Å². The summed E-state index contributed by atoms with van der Waals surface area (Å²) >= 11 is 25.6. The van der Waals surface area contributed by atoms with Crippen molar-refractivity contribution in [2.45, 2.75) is 20.4 Å². The van der Waals surface area contributed by atoms with Gasteiger partial charge < -0.3 is 4.90 Å². The van der Waals surface area contributed by atoms with E-state index in [9.17, 15) is 4.79 Å². The third-order valence-corrected chi connectivity index (χ3v) is 6.60. The van der Waals surface area contributed by atoms with Gasteiger partial charge in [-0.25, -0.2) is 9.98 Å². The summed E-state index contributed by atoms with van der Waals surface area (Å²) in [6, 6.07) is 14.7. The minimum atomic E-state index is -0.344. The second-order valence-electron chi connectivity index (χ2n) is 9.07. The van der Waals surface area contributed by atoms with Gasteiger partial charge >= 0.3 is 0 Å². The van der Waals surface area contributed by atoms with Crippen LogP contribution in [0.15, 0.2) is 58.3 Å². The molecule has 0 atom stereocenters. The zero-order valence-corrected chi connectivity index (χ0v) is 23.2. The van der Waals surface area contributed by atoms with Crippen LogP contribution in [-0.4, -0.2) is 34.9 Å². The van der Waals surface area contributed by atoms with Crippen LogP contribution >= 0.6 is 46.4 Å². The molecule has 4 aromatic rings. The average molecular weight is 562 g/mol. The molecule has 36 heavy (non-hydrogen) atoms. The highest BCUT2D eigenvalue weighted by Crippen LogP contribution is 2.41. The number of aromatic nitrogens is 2. The number of nitrogens with zero attached hydrogens (tertiary/aromatic N) is 4. The number of fused-ring (bicyclic) bond motifs is 1. The number of pyridine rings is 2. The summed E-state index contributed by atoms with van der Waals surface area (Å²) in [6.07, 6.45) is 1.61. The van der Waals surface area contributed by atoms with Crippen molar-refractivity contribution in [3.8, 4) is 22.4 Å². The first kappa shape index (κ1) is 26.5. The summed E-state index contributed by atoms with van der Waals surface area (Å²) in [5.74, 6) is 0.179. The molecule has 2 heterocycles. The number of hydrogen-bond acceptors (Lipinski definition) is 3. The zero-order chi connectivity index (χ0) is 26.1. The molecule has 0 unspecified atom stereocenters. The van der Waals surface area contributed by atoms with Gasteiger partial charge in [0.25, 0.3) is 5.56 Å². The largest absolute Gasteiger partial charge is 0.369 e. The van der Waals surface area contributed by atoms with Crippen LogP contribution in [0.4, 0.5) is 5.69 Å². The second kappa shape index (κ2) is 10.8. The van der Waals surface area contributed by atoms with E-state index in [0.29, 0.717) is 49.6 Å². The van der Waals surface area contributed by atoms with E-state index < -0.39 is 0 Å². The molecule has 2 aromatic heterocycles. The van der Waals surface area contributed by atoms with Crippen molar-refractivity contribution in [1.29, 1.82) is 0 Å². The summed E-state index contributed by atoms with van der Waals surface area (Å²) in [5.41, 5.74) is 3.44. The van der Waals surface area contributed by atoms with Crippen LogP contribution in [0.1, 0.15) is 13.8 Å². The third kappa shape index (κ3) is 5.40. The normalized spacial score (nSPS) is 11.7. The molecule has 0 aliphatic carbocycles. The van der Waals surface area contributed by atoms with Crippen molar-refractivity contribution >= 4 is 69.5 Å². The van der Waals surface area contributed by atoms with E-state index in [1.165, 1.54) is 0 Å². The van der Waals surface area contributed by atoms with Crippen molar-refractivity contribution in [2.75, 3.05) is 14.1 Å². The minimum Gasteiger partial charge on any atom is -0.369 e. The van der Waals surface area contributed by atoms with Gasteiger partial charge in [-0.1, -0.05) is 72.4 Å². The Balaban J connectivity index is 2.18. The van der Waals surface area contributed by atoms with Crippen LogP contribution < -0.4 is 5.56 Å². The molecular weight excluding hydrogens is 538 g/mol. The zero-order valence-electron chi connectivity index (χ0n) is 20.2. The Morgan fingerprint density at radius 1 is 0.972 bits per heavy atom. The summed E-state index contributed by atoms with van der Waals surface area (Å²) < 4.78 is 1.61. The van der Waals surface area contributed by atoms with Gasteiger partial charge in [-0.2, -0.15) is 0 Å². The molecule has 0 radical (unpaired) electrons. The Morgan fingerprint density at radius 3 is 2.25 bits per heavy atom. The number of rotatable bonds is 6. The molecule has 0 aliphatic heterocycles. The average Bonchev–Trinajstić information content (AvgIpc) is 2.81. The first-order valence-corrected chi connectivity index (χ1v) is 12.8. The summed E-state index contributed by atoms with van der Waals surface area (Å²) in [7, 11) is 3.69. The van der Waals surface area contributed by atoms with Gasteiger partial charge in [-0.3, -0.25) is 9.36 Å². The smallest absolute Gasteiger partial charge is 0.273 e. The molecule has 2 aromatic carbocycles. The summed E-state index contributed by atoms with van der Waals surface area (Å²) in [4.78, 5) is 24.7. The molecule has 0 saturated heterocycles. The molecule has 0 aliphatic rings. The minimum absolute atomic E-state index is 0.0439. The summed E-state index contributed by atoms with van der Waals surface area (Å²) in [5, 5.41) is 2.27. The lowest BCUT2D eigenvalue weighted by molar-refractivity contribution is 0.521. The van der Waals surface area contributed by atoms with Crippen LogP contribution in [0.5, 0.6) is 0 Å². The quantitative estimate of drug-likeness (QED) is 0.176. The predicted octanol–water partition coefficient (Wildman–Crippen LogP) is 8.22. The molecule has 4 rings (SSSR count). The van der Waals surface area contributed by atoms with Crippen LogP contribution in [0.25, 0.3) is 33.4 Å². The lowest BCUT2D eigenvalue weighted by Crippen LogP contribution is -2.24. The van der Waals surface area contributed by atoms with Gasteiger partial charge in [0.15, 0.2) is 0 Å². The van der Waals surface area contributed by atoms with E-state index >= 15 is 0 Å². The predicted molar refractivity (Wildman–Crippen MR) is 154 cm³/mol. The lowest BCUT2D eigenvalue weighted by Gasteiger charge is -2.19. The molecule has 0 saturated carbocycles. The molecule has 0 amide bonds. The highest BCUT2D eigenvalue weighted by Gasteiger charge is 2.22. The monoisotopic (exact) mass is 560 g/mol. The topological polar surface area (TPSA) is 50.5 Å². The summed E-state index contributed by atoms with van der Waals surface area (Å²) in [6.45, 7) is 4.50. The number of halogens is 4. The van der Waals surface area contributed by atoms with Gasteiger partial charge in [0.2, 0.25) is 0 Å². The molecule has 9 heteroatoms. The number of aliphatic imine (C=N–C) groups is 1. The first-order chi connectivity index (χ1) is 17.1. The van der Waals surface area contributed by atoms with E-state index in [4.69, 9.17) is 51.4 Å². The van der Waals surface area contributed by atoms with Crippen molar-refractivity contribution in [3.63, 3.8) is 0 Å². The standard InChI is InChI=1S/C27H24Cl4N4O/c1-15(2)13-35-26-21(25(23(31)27(35)36)32-14-34(3)4)12-20(16-5-7-17(28)8-6-16)24(33-26)19-10-9-18(29)11-22(19)30/h5-12,14-15H,13H2,1-4H3. The van der Waals surface area contributed by atoms with Crippen LogP contribution in [0.3, 0.4) is 0 Å². The van der Waals surface area contributed by atoms with Gasteiger partial charge in [-0.05, 0) is 47.9 Å². The number of benzene rings is 2. The van der Waals surface area contributed by atoms with Gasteiger partial charge in [-0.15, -0.1) is 0 Å². The van der Waals surface area contributed by atoms with Crippen LogP contribution in [0.2, 0.25) is 20.1 Å². The lowest BCUT2D eigenvalue weighted by atomic mass is 9.97. The second-order valence-corrected chi connectivity index (χ2v) is 10.7. The highest BCUT2D eigenvalue weighted by atomic mass is 35.5. The van der Waals surface area contributed by atoms with Crippen LogP contribution in [-0.2, 0) is 6.54 Å². The van der Waals surface area contributed by atoms with Crippen molar-refractivity contribution in [3.05, 3.63) is 79.0 Å². The molecular formula is C27H24Cl4N4O. The highest BCUT2D eigenvalue weighted by molar-refractivity contribution is 6.36. The Bertz CT molecular complexity index is 1530. The third-order valence-electron chi connectivity index (χ3n) is 5.46. The fourth-order valence-electron chi connectivity index (χ4n) is 3.89. The van der Waals surface area contributed by atoms with Gasteiger partial charge in [0, 0.05) is 47.2 Å². The van der Waals surface area contributed by atoms with E-state index in [1.54, 1.807) is 27.9 Å². The fraction of sp³-hybridized carbons (Fsp3) is 0.222. The number of hydrogen-bond donors (Lipinski definition) is 0. The van der Waals surface area contributed by atoms with Crippen LogP contribution in [0, 0.1) is 5.92 Å². The van der Waals surface area contributed by atoms with Crippen molar-refractivity contribution < 1.29 is 0 Å². The Kier molecular flexibility index (Phi) is 7.96. The van der Waals surface area contributed by atoms with E-state index in [-0.39, 0.29) is 16.5 Å². The molecule has 0 N–H and O–H groups in total. The molecule has 186 valence electrons. The SMILES string of the molecule is CC(C)Cn1c(=O)c(Cl)c(N=CN(C)C)c2cc(-c3ccc(Cl)cc3)c(-c3ccc(Cl)cc3Cl)nc21. The molecule has 0 spiro atoms. The molecule has 0 fully saturated rings. The first-order valence-electron chi connectivity index (χ1n) is 11.3. The van der Waals surface area contributed by atoms with E-state index in [1.807, 2.05) is 64.3 Å². The molecule has 0 bridgehead atoms. The Morgan fingerprint density at radius 2 is 1.64 bits per heavy atom. The van der Waals surface area contributed by atoms with Gasteiger partial charge in [0.05, 0.1) is 22.7 Å². The fourth-order valence-corrected chi connectivity index (χ4v) is 4.76. The van der Waals surface area contributed by atoms with Gasteiger partial charge in [0.1, 0.15) is 10.7 Å².